The maximum absolute atomic E-state index is 11.6. The van der Waals surface area contributed by atoms with Crippen molar-refractivity contribution in [1.29, 1.82) is 0 Å². The monoisotopic (exact) mass is 309 g/mol. The van der Waals surface area contributed by atoms with Crippen molar-refractivity contribution in [3.63, 3.8) is 0 Å². The van der Waals surface area contributed by atoms with Crippen molar-refractivity contribution in [1.82, 2.24) is 5.32 Å². The average molecular weight is 309 g/mol. The normalized spacial score (nSPS) is 18.0. The van der Waals surface area contributed by atoms with Crippen LogP contribution in [0.5, 0.6) is 0 Å². The summed E-state index contributed by atoms with van der Waals surface area (Å²) in [6, 6.07) is -1.45. The van der Waals surface area contributed by atoms with E-state index in [-0.39, 0.29) is 6.29 Å². The molecule has 0 bridgehead atoms. The molecule has 0 aromatic carbocycles. The zero-order chi connectivity index (χ0) is 16.6. The predicted molar refractivity (Wildman–Crippen MR) is 65.7 cm³/mol. The lowest BCUT2D eigenvalue weighted by Crippen LogP contribution is -2.51. The third-order valence-corrected chi connectivity index (χ3v) is 2.50. The van der Waals surface area contributed by atoms with Crippen LogP contribution in [0.4, 0.5) is 0 Å². The minimum Gasteiger partial charge on any atom is -0.450 e. The Morgan fingerprint density at radius 2 is 1.71 bits per heavy atom. The number of aldehydes is 1. The number of rotatable bonds is 9. The van der Waals surface area contributed by atoms with E-state index in [1.165, 1.54) is 0 Å². The molecule has 0 aromatic rings. The Morgan fingerprint density at radius 3 is 2.10 bits per heavy atom. The summed E-state index contributed by atoms with van der Waals surface area (Å²) in [5, 5.41) is 47.7. The molecule has 0 saturated carbocycles. The fraction of sp³-hybridized carbons (Fsp3) is 0.727. The Hall–Kier alpha value is -1.59. The van der Waals surface area contributed by atoms with Crippen molar-refractivity contribution in [2.45, 2.75) is 37.4 Å². The highest BCUT2D eigenvalue weighted by atomic mass is 16.6. The molecular formula is C11H19NO9. The Kier molecular flexibility index (Phi) is 8.66. The van der Waals surface area contributed by atoms with Crippen LogP contribution in [0.1, 0.15) is 6.92 Å². The molecule has 6 N–H and O–H groups in total. The van der Waals surface area contributed by atoms with Crippen molar-refractivity contribution in [3.05, 3.63) is 0 Å². The van der Waals surface area contributed by atoms with E-state index in [9.17, 15) is 24.6 Å². The number of carbonyl (C=O) groups is 3. The van der Waals surface area contributed by atoms with Gasteiger partial charge in [-0.3, -0.25) is 9.59 Å². The number of nitrogens with one attached hydrogen (secondary N) is 1. The van der Waals surface area contributed by atoms with Gasteiger partial charge < -0.3 is 35.6 Å². The van der Waals surface area contributed by atoms with Gasteiger partial charge in [0.15, 0.2) is 18.4 Å². The summed E-state index contributed by atoms with van der Waals surface area (Å²) in [6.45, 7) is -0.603. The molecular weight excluding hydrogens is 290 g/mol. The molecule has 0 aliphatic carbocycles. The SMILES string of the molecule is CC(=O)N[C@@H](CO)C(=O)O[C@@H](C=O)[C@@H](O)[C@@H](O)[C@H](O)CO. The van der Waals surface area contributed by atoms with E-state index in [0.29, 0.717) is 0 Å². The second-order valence-corrected chi connectivity index (χ2v) is 4.20. The van der Waals surface area contributed by atoms with Gasteiger partial charge in [-0.2, -0.15) is 0 Å². The number of ether oxygens (including phenoxy) is 1. The van der Waals surface area contributed by atoms with E-state index in [1.54, 1.807) is 0 Å². The molecule has 0 heterocycles. The number of hydrogen-bond donors (Lipinski definition) is 6. The van der Waals surface area contributed by atoms with E-state index in [1.807, 2.05) is 5.32 Å². The molecule has 10 nitrogen and oxygen atoms in total. The Morgan fingerprint density at radius 1 is 1.14 bits per heavy atom. The number of esters is 1. The Labute approximate surface area is 120 Å². The highest BCUT2D eigenvalue weighted by Gasteiger charge is 2.35. The molecule has 122 valence electrons. The first-order chi connectivity index (χ1) is 9.78. The van der Waals surface area contributed by atoms with Crippen LogP contribution in [0.3, 0.4) is 0 Å². The maximum Gasteiger partial charge on any atom is 0.331 e. The summed E-state index contributed by atoms with van der Waals surface area (Å²) in [7, 11) is 0. The first-order valence-electron chi connectivity index (χ1n) is 5.97. The number of aliphatic hydroxyl groups excluding tert-OH is 5. The summed E-state index contributed by atoms with van der Waals surface area (Å²) in [5.41, 5.74) is 0. The van der Waals surface area contributed by atoms with E-state index >= 15 is 0 Å². The van der Waals surface area contributed by atoms with Crippen LogP contribution in [-0.2, 0) is 19.1 Å². The van der Waals surface area contributed by atoms with Gasteiger partial charge in [-0.05, 0) is 0 Å². The smallest absolute Gasteiger partial charge is 0.331 e. The summed E-state index contributed by atoms with van der Waals surface area (Å²) in [4.78, 5) is 33.2. The number of amides is 1. The second kappa shape index (κ2) is 9.37. The highest BCUT2D eigenvalue weighted by molar-refractivity contribution is 5.84. The van der Waals surface area contributed by atoms with E-state index in [2.05, 4.69) is 4.74 Å². The number of aliphatic hydroxyl groups is 5. The van der Waals surface area contributed by atoms with Gasteiger partial charge in [0.25, 0.3) is 0 Å². The molecule has 21 heavy (non-hydrogen) atoms. The Balaban J connectivity index is 4.78. The number of hydrogen-bond acceptors (Lipinski definition) is 9. The molecule has 5 atom stereocenters. The molecule has 0 aliphatic heterocycles. The van der Waals surface area contributed by atoms with Crippen molar-refractivity contribution in [3.8, 4) is 0 Å². The van der Waals surface area contributed by atoms with E-state index in [4.69, 9.17) is 15.3 Å². The largest absolute Gasteiger partial charge is 0.450 e. The molecule has 10 heteroatoms. The standard InChI is InChI=1S/C11H19NO9/c1-5(16)12-6(2-13)11(20)21-8(4-15)10(19)9(18)7(17)3-14/h4,6-10,13-14,17-19H,2-3H2,1H3,(H,12,16)/t6-,7+,8-,9-,10+/m0/s1. The van der Waals surface area contributed by atoms with Crippen LogP contribution < -0.4 is 5.32 Å². The minimum absolute atomic E-state index is 0.00190. The van der Waals surface area contributed by atoms with Crippen LogP contribution in [0, 0.1) is 0 Å². The van der Waals surface area contributed by atoms with Crippen LogP contribution >= 0.6 is 0 Å². The van der Waals surface area contributed by atoms with Crippen molar-refractivity contribution >= 4 is 18.2 Å². The average Bonchev–Trinajstić information content (AvgIpc) is 2.47. The lowest BCUT2D eigenvalue weighted by Gasteiger charge is -2.26. The Bertz CT molecular complexity index is 362. The molecule has 0 saturated heterocycles. The lowest BCUT2D eigenvalue weighted by atomic mass is 10.0. The van der Waals surface area contributed by atoms with Crippen LogP contribution in [0.15, 0.2) is 0 Å². The highest BCUT2D eigenvalue weighted by Crippen LogP contribution is 2.08. The van der Waals surface area contributed by atoms with E-state index in [0.717, 1.165) is 6.92 Å². The third-order valence-electron chi connectivity index (χ3n) is 2.50. The lowest BCUT2D eigenvalue weighted by molar-refractivity contribution is -0.171. The zero-order valence-corrected chi connectivity index (χ0v) is 11.2. The van der Waals surface area contributed by atoms with Gasteiger partial charge >= 0.3 is 5.97 Å². The fourth-order valence-corrected chi connectivity index (χ4v) is 1.35. The summed E-state index contributed by atoms with van der Waals surface area (Å²) in [5.74, 6) is -1.85. The van der Waals surface area contributed by atoms with Crippen molar-refractivity contribution in [2.24, 2.45) is 0 Å². The van der Waals surface area contributed by atoms with Gasteiger partial charge in [-0.15, -0.1) is 0 Å². The third kappa shape index (κ3) is 6.14. The molecule has 0 unspecified atom stereocenters. The molecule has 0 radical (unpaired) electrons. The molecule has 0 aromatic heterocycles. The first kappa shape index (κ1) is 19.4. The fourth-order valence-electron chi connectivity index (χ4n) is 1.35. The zero-order valence-electron chi connectivity index (χ0n) is 11.2. The molecule has 0 spiro atoms. The van der Waals surface area contributed by atoms with Crippen LogP contribution in [-0.4, -0.2) is 87.4 Å². The second-order valence-electron chi connectivity index (χ2n) is 4.20. The van der Waals surface area contributed by atoms with Gasteiger partial charge in [-0.25, -0.2) is 4.79 Å². The van der Waals surface area contributed by atoms with E-state index < -0.39 is 55.5 Å². The molecule has 0 aliphatic rings. The molecule has 0 fully saturated rings. The predicted octanol–water partition coefficient (Wildman–Crippen LogP) is -4.33. The minimum atomic E-state index is -2.00. The first-order valence-corrected chi connectivity index (χ1v) is 5.97. The van der Waals surface area contributed by atoms with Gasteiger partial charge in [0.1, 0.15) is 18.3 Å². The van der Waals surface area contributed by atoms with Gasteiger partial charge in [-0.1, -0.05) is 0 Å². The summed E-state index contributed by atoms with van der Waals surface area (Å²) >= 11 is 0. The van der Waals surface area contributed by atoms with Gasteiger partial charge in [0.2, 0.25) is 5.91 Å². The van der Waals surface area contributed by atoms with Crippen LogP contribution in [0.25, 0.3) is 0 Å². The topological polar surface area (TPSA) is 174 Å². The van der Waals surface area contributed by atoms with Crippen molar-refractivity contribution < 1.29 is 44.7 Å². The van der Waals surface area contributed by atoms with Crippen molar-refractivity contribution in [2.75, 3.05) is 13.2 Å². The molecule has 0 rings (SSSR count). The van der Waals surface area contributed by atoms with Crippen LogP contribution in [0.2, 0.25) is 0 Å². The molecule has 1 amide bonds. The van der Waals surface area contributed by atoms with Gasteiger partial charge in [0, 0.05) is 6.92 Å². The summed E-state index contributed by atoms with van der Waals surface area (Å²) < 4.78 is 4.55. The summed E-state index contributed by atoms with van der Waals surface area (Å²) in [6.07, 6.45) is -7.53. The maximum atomic E-state index is 11.6. The quantitative estimate of drug-likeness (QED) is 0.182. The van der Waals surface area contributed by atoms with Gasteiger partial charge in [0.05, 0.1) is 13.2 Å². The number of carbonyl (C=O) groups excluding carboxylic acids is 3.